The first-order valence-corrected chi connectivity index (χ1v) is 2.43. The Morgan fingerprint density at radius 1 is 1.88 bits per heavy atom. The smallest absolute Gasteiger partial charge is 0.666 e. The van der Waals surface area contributed by atoms with Crippen molar-refractivity contribution in [1.29, 1.82) is 0 Å². The van der Waals surface area contributed by atoms with E-state index in [0.717, 1.165) is 0 Å². The number of carbonyl (C=O) groups is 1. The van der Waals surface area contributed by atoms with E-state index in [4.69, 9.17) is 5.73 Å². The SMILES string of the molecule is [NH-]C(CS)C(N)=O.[Rb+]. The molecular formula is C3H7N2ORbS. The van der Waals surface area contributed by atoms with Crippen LogP contribution >= 0.6 is 12.6 Å². The first kappa shape index (κ1) is 12.3. The minimum atomic E-state index is -0.844. The zero-order valence-electron chi connectivity index (χ0n) is 4.72. The van der Waals surface area contributed by atoms with Crippen molar-refractivity contribution >= 4 is 18.5 Å². The summed E-state index contributed by atoms with van der Waals surface area (Å²) in [6.07, 6.45) is 0. The van der Waals surface area contributed by atoms with Gasteiger partial charge >= 0.3 is 58.2 Å². The number of thiol groups is 1. The van der Waals surface area contributed by atoms with Crippen LogP contribution in [0.3, 0.4) is 0 Å². The molecule has 1 atom stereocenters. The predicted molar refractivity (Wildman–Crippen MR) is 31.2 cm³/mol. The summed E-state index contributed by atoms with van der Waals surface area (Å²) in [5.74, 6) is -0.412. The molecule has 0 aliphatic heterocycles. The van der Waals surface area contributed by atoms with E-state index in [1.165, 1.54) is 0 Å². The van der Waals surface area contributed by atoms with Gasteiger partial charge in [0.2, 0.25) is 0 Å². The van der Waals surface area contributed by atoms with E-state index in [0.29, 0.717) is 0 Å². The van der Waals surface area contributed by atoms with Crippen LogP contribution in [0.4, 0.5) is 0 Å². The quantitative estimate of drug-likeness (QED) is 0.458. The molecule has 1 amide bonds. The van der Waals surface area contributed by atoms with Crippen molar-refractivity contribution in [1.82, 2.24) is 0 Å². The van der Waals surface area contributed by atoms with Crippen molar-refractivity contribution in [2.24, 2.45) is 5.73 Å². The summed E-state index contributed by atoms with van der Waals surface area (Å²) in [5.41, 5.74) is 11.4. The second kappa shape index (κ2) is 6.70. The van der Waals surface area contributed by atoms with Crippen LogP contribution in [0.5, 0.6) is 0 Å². The molecule has 1 unspecified atom stereocenters. The summed E-state index contributed by atoms with van der Waals surface area (Å²) in [7, 11) is 0. The van der Waals surface area contributed by atoms with Crippen LogP contribution < -0.4 is 63.9 Å². The van der Waals surface area contributed by atoms with E-state index in [2.05, 4.69) is 18.4 Å². The van der Waals surface area contributed by atoms with Gasteiger partial charge in [0.1, 0.15) is 0 Å². The summed E-state index contributed by atoms with van der Waals surface area (Å²) in [4.78, 5) is 9.92. The molecule has 42 valence electrons. The van der Waals surface area contributed by atoms with Crippen LogP contribution in [0.25, 0.3) is 5.73 Å². The number of nitrogens with two attached hydrogens (primary N) is 1. The van der Waals surface area contributed by atoms with Gasteiger partial charge in [-0.15, -0.1) is 0 Å². The third-order valence-corrected chi connectivity index (χ3v) is 0.891. The number of hydrogen-bond acceptors (Lipinski definition) is 2. The van der Waals surface area contributed by atoms with Crippen LogP contribution in [0.15, 0.2) is 0 Å². The fourth-order valence-corrected chi connectivity index (χ4v) is 0.270. The molecule has 0 aliphatic rings. The minimum absolute atomic E-state index is 0. The number of hydrogen-bond donors (Lipinski definition) is 2. The maximum absolute atomic E-state index is 9.92. The van der Waals surface area contributed by atoms with Crippen LogP contribution in [0.1, 0.15) is 0 Å². The minimum Gasteiger partial charge on any atom is -0.666 e. The monoisotopic (exact) mass is 204 g/mol. The Bertz CT molecular complexity index is 79.7. The van der Waals surface area contributed by atoms with E-state index in [9.17, 15) is 4.79 Å². The molecule has 0 heterocycles. The molecule has 0 spiro atoms. The van der Waals surface area contributed by atoms with Gasteiger partial charge in [-0.2, -0.15) is 12.6 Å². The Balaban J connectivity index is 0. The molecule has 0 bridgehead atoms. The van der Waals surface area contributed by atoms with Crippen molar-refractivity contribution in [2.75, 3.05) is 5.75 Å². The van der Waals surface area contributed by atoms with Gasteiger partial charge in [-0.3, -0.25) is 4.79 Å². The molecule has 0 aliphatic carbocycles. The predicted octanol–water partition coefficient (Wildman–Crippen LogP) is -3.17. The topological polar surface area (TPSA) is 66.9 Å². The fourth-order valence-electron chi connectivity index (χ4n) is 0.0900. The van der Waals surface area contributed by atoms with Crippen molar-refractivity contribution in [2.45, 2.75) is 6.04 Å². The van der Waals surface area contributed by atoms with E-state index in [1.54, 1.807) is 0 Å². The summed E-state index contributed by atoms with van der Waals surface area (Å²) >= 11 is 3.67. The Hall–Kier alpha value is 1.59. The molecule has 0 aromatic rings. The standard InChI is InChI=1S/C3H7N2OS.Rb/c4-2(1-7)3(5)6;/h2,4,7H,1H2,(H2,5,6);/q-1;+1. The van der Waals surface area contributed by atoms with Gasteiger partial charge in [0.05, 0.1) is 0 Å². The van der Waals surface area contributed by atoms with Crippen LogP contribution in [0.2, 0.25) is 0 Å². The normalized spacial score (nSPS) is 11.8. The van der Waals surface area contributed by atoms with Gasteiger partial charge in [-0.25, -0.2) is 0 Å². The Morgan fingerprint density at radius 2 is 2.25 bits per heavy atom. The zero-order chi connectivity index (χ0) is 5.86. The molecule has 3 N–H and O–H groups in total. The van der Waals surface area contributed by atoms with Crippen molar-refractivity contribution in [3.63, 3.8) is 0 Å². The van der Waals surface area contributed by atoms with Crippen LogP contribution in [0, 0.1) is 0 Å². The van der Waals surface area contributed by atoms with Gasteiger partial charge in [0.15, 0.2) is 5.91 Å². The van der Waals surface area contributed by atoms with Gasteiger partial charge in [0, 0.05) is 0 Å². The van der Waals surface area contributed by atoms with Crippen molar-refractivity contribution in [3.05, 3.63) is 5.73 Å². The summed E-state index contributed by atoms with van der Waals surface area (Å²) in [6, 6.07) is -0.844. The largest absolute Gasteiger partial charge is 1.00 e. The Kier molecular flexibility index (Phi) is 10.3. The molecule has 0 fully saturated rings. The maximum Gasteiger partial charge on any atom is 1.00 e. The van der Waals surface area contributed by atoms with E-state index in [-0.39, 0.29) is 63.9 Å². The first-order chi connectivity index (χ1) is 3.18. The molecule has 0 rings (SSSR count). The van der Waals surface area contributed by atoms with Gasteiger partial charge in [0.25, 0.3) is 0 Å². The molecule has 8 heavy (non-hydrogen) atoms. The molecule has 0 aromatic heterocycles. The van der Waals surface area contributed by atoms with Crippen molar-refractivity contribution in [3.8, 4) is 0 Å². The molecular weight excluding hydrogens is 198 g/mol. The Morgan fingerprint density at radius 3 is 2.25 bits per heavy atom. The van der Waals surface area contributed by atoms with E-state index in [1.807, 2.05) is 0 Å². The first-order valence-electron chi connectivity index (χ1n) is 1.79. The fraction of sp³-hybridized carbons (Fsp3) is 0.667. The average molecular weight is 205 g/mol. The molecule has 0 aromatic carbocycles. The number of carbonyl (C=O) groups excluding carboxylic acids is 1. The number of primary amides is 1. The average Bonchev–Trinajstić information content (AvgIpc) is 1.65. The number of amides is 1. The van der Waals surface area contributed by atoms with Gasteiger partial charge in [-0.1, -0.05) is 0 Å². The third kappa shape index (κ3) is 5.72. The van der Waals surface area contributed by atoms with Gasteiger partial charge in [-0.05, 0) is 11.8 Å². The van der Waals surface area contributed by atoms with Crippen LogP contribution in [-0.4, -0.2) is 17.7 Å². The van der Waals surface area contributed by atoms with Gasteiger partial charge < -0.3 is 11.5 Å². The van der Waals surface area contributed by atoms with E-state index < -0.39 is 11.9 Å². The molecule has 5 heteroatoms. The molecule has 0 saturated heterocycles. The maximum atomic E-state index is 9.92. The second-order valence-electron chi connectivity index (χ2n) is 1.14. The molecule has 3 nitrogen and oxygen atoms in total. The van der Waals surface area contributed by atoms with E-state index >= 15 is 0 Å². The summed E-state index contributed by atoms with van der Waals surface area (Å²) < 4.78 is 0. The Labute approximate surface area is 103 Å². The summed E-state index contributed by atoms with van der Waals surface area (Å²) in [5, 5.41) is 0. The molecule has 0 saturated carbocycles. The van der Waals surface area contributed by atoms with Crippen LogP contribution in [-0.2, 0) is 4.79 Å². The second-order valence-corrected chi connectivity index (χ2v) is 1.50. The number of rotatable bonds is 2. The zero-order valence-corrected chi connectivity index (χ0v) is 10.5. The third-order valence-electron chi connectivity index (χ3n) is 0.526. The molecule has 0 radical (unpaired) electrons. The number of nitrogens with one attached hydrogen (secondary N) is 1. The van der Waals surface area contributed by atoms with Crippen molar-refractivity contribution < 1.29 is 63.0 Å². The summed E-state index contributed by atoms with van der Waals surface area (Å²) in [6.45, 7) is 0.